The third kappa shape index (κ3) is 3.35. The first-order chi connectivity index (χ1) is 9.24. The van der Waals surface area contributed by atoms with Crippen LogP contribution in [0.1, 0.15) is 18.3 Å². The van der Waals surface area contributed by atoms with Crippen molar-refractivity contribution in [3.63, 3.8) is 0 Å². The largest absolute Gasteiger partial charge is 0.494 e. The maximum atomic E-state index is 5.39. The van der Waals surface area contributed by atoms with E-state index in [1.165, 1.54) is 11.8 Å². The van der Waals surface area contributed by atoms with E-state index in [9.17, 15) is 0 Å². The molecule has 5 nitrogen and oxygen atoms in total. The molecule has 2 rings (SSSR count). The van der Waals surface area contributed by atoms with Gasteiger partial charge in [0.15, 0.2) is 5.82 Å². The van der Waals surface area contributed by atoms with Gasteiger partial charge in [-0.25, -0.2) is 0 Å². The lowest BCUT2D eigenvalue weighted by atomic mass is 10.2. The van der Waals surface area contributed by atoms with Crippen molar-refractivity contribution in [3.8, 4) is 5.75 Å². The summed E-state index contributed by atoms with van der Waals surface area (Å²) in [6.45, 7) is 4.51. The standard InChI is InChI=1S/C13H16N4OS/c1-4-18-12-7-5-11(6-8-12)9-14-17-10(2)15-16-13(17)19-3/h5-9H,4H2,1-3H3/b14-9-. The van der Waals surface area contributed by atoms with E-state index in [1.807, 2.05) is 44.4 Å². The van der Waals surface area contributed by atoms with Crippen molar-refractivity contribution < 1.29 is 4.74 Å². The third-order valence-electron chi connectivity index (χ3n) is 2.46. The van der Waals surface area contributed by atoms with Crippen LogP contribution in [0.3, 0.4) is 0 Å². The van der Waals surface area contributed by atoms with Gasteiger partial charge in [-0.15, -0.1) is 10.2 Å². The summed E-state index contributed by atoms with van der Waals surface area (Å²) in [5.41, 5.74) is 1.00. The molecular formula is C13H16N4OS. The predicted octanol–water partition coefficient (Wildman–Crippen LogP) is 2.59. The molecule has 1 aromatic heterocycles. The summed E-state index contributed by atoms with van der Waals surface area (Å²) in [5, 5.41) is 13.2. The molecule has 2 aromatic rings. The van der Waals surface area contributed by atoms with E-state index in [1.54, 1.807) is 10.9 Å². The molecule has 0 bridgehead atoms. The van der Waals surface area contributed by atoms with Gasteiger partial charge in [0.2, 0.25) is 5.16 Å². The summed E-state index contributed by atoms with van der Waals surface area (Å²) in [4.78, 5) is 0. The molecule has 1 aromatic carbocycles. The normalized spacial score (nSPS) is 11.1. The molecule has 0 radical (unpaired) electrons. The number of aromatic nitrogens is 3. The lowest BCUT2D eigenvalue weighted by Crippen LogP contribution is -1.96. The molecule has 0 amide bonds. The molecule has 6 heteroatoms. The fourth-order valence-corrected chi connectivity index (χ4v) is 2.01. The zero-order valence-electron chi connectivity index (χ0n) is 11.2. The summed E-state index contributed by atoms with van der Waals surface area (Å²) in [6.07, 6.45) is 3.73. The van der Waals surface area contributed by atoms with Crippen LogP contribution in [0.15, 0.2) is 34.5 Å². The van der Waals surface area contributed by atoms with Crippen molar-refractivity contribution in [1.29, 1.82) is 0 Å². The molecular weight excluding hydrogens is 260 g/mol. The van der Waals surface area contributed by atoms with Gasteiger partial charge in [0.1, 0.15) is 5.75 Å². The average Bonchev–Trinajstić information content (AvgIpc) is 2.79. The topological polar surface area (TPSA) is 52.3 Å². The van der Waals surface area contributed by atoms with Crippen molar-refractivity contribution in [2.24, 2.45) is 5.10 Å². The first-order valence-electron chi connectivity index (χ1n) is 5.97. The molecule has 19 heavy (non-hydrogen) atoms. The van der Waals surface area contributed by atoms with Crippen molar-refractivity contribution >= 4 is 18.0 Å². The van der Waals surface area contributed by atoms with Gasteiger partial charge in [0.25, 0.3) is 0 Å². The van der Waals surface area contributed by atoms with Crippen LogP contribution in [-0.2, 0) is 0 Å². The Morgan fingerprint density at radius 3 is 2.68 bits per heavy atom. The van der Waals surface area contributed by atoms with Gasteiger partial charge in [-0.05, 0) is 49.9 Å². The van der Waals surface area contributed by atoms with E-state index in [4.69, 9.17) is 4.74 Å². The first kappa shape index (κ1) is 13.6. The number of hydrogen-bond acceptors (Lipinski definition) is 5. The SMILES string of the molecule is CCOc1ccc(/C=N\n2c(C)nnc2SC)cc1. The molecule has 0 aliphatic heterocycles. The van der Waals surface area contributed by atoms with Gasteiger partial charge in [0, 0.05) is 0 Å². The maximum Gasteiger partial charge on any atom is 0.211 e. The second kappa shape index (κ2) is 6.38. The van der Waals surface area contributed by atoms with E-state index in [2.05, 4.69) is 15.3 Å². The molecule has 0 atom stereocenters. The molecule has 100 valence electrons. The van der Waals surface area contributed by atoms with Crippen LogP contribution in [-0.4, -0.2) is 34.0 Å². The fraction of sp³-hybridized carbons (Fsp3) is 0.308. The van der Waals surface area contributed by atoms with E-state index >= 15 is 0 Å². The Morgan fingerprint density at radius 2 is 2.05 bits per heavy atom. The highest BCUT2D eigenvalue weighted by molar-refractivity contribution is 7.98. The minimum atomic E-state index is 0.671. The molecule has 0 N–H and O–H groups in total. The van der Waals surface area contributed by atoms with E-state index in [0.29, 0.717) is 6.61 Å². The zero-order chi connectivity index (χ0) is 13.7. The molecule has 0 fully saturated rings. The van der Waals surface area contributed by atoms with Crippen molar-refractivity contribution in [3.05, 3.63) is 35.7 Å². The number of rotatable bonds is 5. The van der Waals surface area contributed by atoms with Gasteiger partial charge in [-0.2, -0.15) is 9.78 Å². The van der Waals surface area contributed by atoms with Crippen LogP contribution < -0.4 is 4.74 Å². The van der Waals surface area contributed by atoms with Gasteiger partial charge >= 0.3 is 0 Å². The Balaban J connectivity index is 2.15. The molecule has 0 spiro atoms. The molecule has 0 saturated carbocycles. The average molecular weight is 276 g/mol. The Hall–Kier alpha value is -1.82. The van der Waals surface area contributed by atoms with E-state index < -0.39 is 0 Å². The van der Waals surface area contributed by atoms with Crippen molar-refractivity contribution in [2.45, 2.75) is 19.0 Å². The van der Waals surface area contributed by atoms with Crippen LogP contribution in [0.5, 0.6) is 5.75 Å². The fourth-order valence-electron chi connectivity index (χ4n) is 1.54. The first-order valence-corrected chi connectivity index (χ1v) is 7.20. The summed E-state index contributed by atoms with van der Waals surface area (Å²) < 4.78 is 7.12. The quantitative estimate of drug-likeness (QED) is 0.622. The number of aryl methyl sites for hydroxylation is 1. The maximum absolute atomic E-state index is 5.39. The summed E-state index contributed by atoms with van der Waals surface area (Å²) >= 11 is 1.52. The second-order valence-corrected chi connectivity index (χ2v) is 4.57. The Kier molecular flexibility index (Phi) is 4.57. The molecule has 0 unspecified atom stereocenters. The lowest BCUT2D eigenvalue weighted by Gasteiger charge is -2.02. The zero-order valence-corrected chi connectivity index (χ0v) is 12.0. The van der Waals surface area contributed by atoms with Gasteiger partial charge in [0.05, 0.1) is 12.8 Å². The molecule has 0 aliphatic rings. The summed E-state index contributed by atoms with van der Waals surface area (Å²) in [7, 11) is 0. The molecule has 0 aliphatic carbocycles. The van der Waals surface area contributed by atoms with Gasteiger partial charge in [-0.3, -0.25) is 0 Å². The molecule has 0 saturated heterocycles. The van der Waals surface area contributed by atoms with Crippen LogP contribution in [0, 0.1) is 6.92 Å². The highest BCUT2D eigenvalue weighted by Crippen LogP contribution is 2.14. The monoisotopic (exact) mass is 276 g/mol. The molecule has 1 heterocycles. The van der Waals surface area contributed by atoms with Crippen LogP contribution in [0.4, 0.5) is 0 Å². The van der Waals surface area contributed by atoms with Gasteiger partial charge in [-0.1, -0.05) is 11.8 Å². The summed E-state index contributed by atoms with van der Waals surface area (Å²) in [6, 6.07) is 7.79. The Labute approximate surface area is 116 Å². The minimum absolute atomic E-state index is 0.671. The van der Waals surface area contributed by atoms with Gasteiger partial charge < -0.3 is 4.74 Å². The smallest absolute Gasteiger partial charge is 0.211 e. The summed E-state index contributed by atoms with van der Waals surface area (Å²) in [5.74, 6) is 1.64. The minimum Gasteiger partial charge on any atom is -0.494 e. The van der Waals surface area contributed by atoms with E-state index in [-0.39, 0.29) is 0 Å². The second-order valence-electron chi connectivity index (χ2n) is 3.79. The number of hydrogen-bond donors (Lipinski definition) is 0. The Morgan fingerprint density at radius 1 is 1.32 bits per heavy atom. The van der Waals surface area contributed by atoms with Crippen molar-refractivity contribution in [2.75, 3.05) is 12.9 Å². The van der Waals surface area contributed by atoms with Crippen molar-refractivity contribution in [1.82, 2.24) is 14.9 Å². The predicted molar refractivity (Wildman–Crippen MR) is 77.1 cm³/mol. The van der Waals surface area contributed by atoms with Crippen LogP contribution >= 0.6 is 11.8 Å². The van der Waals surface area contributed by atoms with Crippen LogP contribution in [0.2, 0.25) is 0 Å². The number of benzene rings is 1. The highest BCUT2D eigenvalue weighted by Gasteiger charge is 2.05. The van der Waals surface area contributed by atoms with E-state index in [0.717, 1.165) is 22.3 Å². The third-order valence-corrected chi connectivity index (χ3v) is 3.08. The highest BCUT2D eigenvalue weighted by atomic mass is 32.2. The number of ether oxygens (including phenoxy) is 1. The number of thioether (sulfide) groups is 1. The number of nitrogens with zero attached hydrogens (tertiary/aromatic N) is 4. The Bertz CT molecular complexity index is 563. The van der Waals surface area contributed by atoms with Crippen LogP contribution in [0.25, 0.3) is 0 Å². The lowest BCUT2D eigenvalue weighted by molar-refractivity contribution is 0.340.